The lowest BCUT2D eigenvalue weighted by Crippen LogP contribution is -2.27. The quantitative estimate of drug-likeness (QED) is 0.735. The summed E-state index contributed by atoms with van der Waals surface area (Å²) in [6.07, 6.45) is -0.628. The van der Waals surface area contributed by atoms with Gasteiger partial charge >= 0.3 is 6.09 Å². The fourth-order valence-corrected chi connectivity index (χ4v) is 3.23. The zero-order valence-electron chi connectivity index (χ0n) is 15.2. The number of hydrogen-bond acceptors (Lipinski definition) is 5. The first-order chi connectivity index (χ1) is 12.1. The molecule has 2 aromatic carbocycles. The molecule has 0 aliphatic carbocycles. The van der Waals surface area contributed by atoms with Crippen LogP contribution in [-0.4, -0.2) is 27.2 Å². The van der Waals surface area contributed by atoms with Crippen LogP contribution >= 0.6 is 0 Å². The molecule has 2 aromatic rings. The fourth-order valence-electron chi connectivity index (χ4n) is 2.16. The van der Waals surface area contributed by atoms with Crippen LogP contribution in [0.3, 0.4) is 0 Å². The molecule has 0 bridgehead atoms. The summed E-state index contributed by atoms with van der Waals surface area (Å²) in [5.41, 5.74) is 0.698. The van der Waals surface area contributed by atoms with E-state index in [2.05, 4.69) is 15.4 Å². The Kier molecular flexibility index (Phi) is 5.76. The lowest BCUT2D eigenvalue weighted by molar-refractivity contribution is 0.0636. The SMILES string of the molecule is CNc1ccc(NS(=O)(=O)c2ccccc2)cc1NC(=O)OC(C)(C)C. The number of nitrogens with one attached hydrogen (secondary N) is 3. The van der Waals surface area contributed by atoms with Gasteiger partial charge < -0.3 is 10.1 Å². The minimum atomic E-state index is -3.72. The number of anilines is 3. The molecule has 3 N–H and O–H groups in total. The van der Waals surface area contributed by atoms with Gasteiger partial charge in [0.2, 0.25) is 0 Å². The molecule has 7 nitrogen and oxygen atoms in total. The van der Waals surface area contributed by atoms with Crippen LogP contribution in [0.2, 0.25) is 0 Å². The molecule has 0 aromatic heterocycles. The van der Waals surface area contributed by atoms with Crippen molar-refractivity contribution in [3.63, 3.8) is 0 Å². The maximum atomic E-state index is 12.4. The first kappa shape index (κ1) is 19.6. The molecule has 26 heavy (non-hydrogen) atoms. The molecule has 0 aliphatic heterocycles. The number of hydrogen-bond donors (Lipinski definition) is 3. The molecule has 2 rings (SSSR count). The molecule has 140 valence electrons. The van der Waals surface area contributed by atoms with Crippen LogP contribution in [0.4, 0.5) is 21.9 Å². The summed E-state index contributed by atoms with van der Waals surface area (Å²) >= 11 is 0. The van der Waals surface area contributed by atoms with Crippen molar-refractivity contribution in [1.82, 2.24) is 0 Å². The van der Waals surface area contributed by atoms with Gasteiger partial charge in [-0.3, -0.25) is 10.0 Å². The number of carbonyl (C=O) groups is 1. The van der Waals surface area contributed by atoms with Crippen molar-refractivity contribution < 1.29 is 17.9 Å². The van der Waals surface area contributed by atoms with Gasteiger partial charge in [0, 0.05) is 7.05 Å². The molecule has 0 heterocycles. The van der Waals surface area contributed by atoms with Gasteiger partial charge in [0.05, 0.1) is 22.0 Å². The van der Waals surface area contributed by atoms with Gasteiger partial charge in [-0.2, -0.15) is 0 Å². The van der Waals surface area contributed by atoms with Crippen molar-refractivity contribution in [2.24, 2.45) is 0 Å². The molecular weight excluding hydrogens is 354 g/mol. The normalized spacial score (nSPS) is 11.5. The minimum absolute atomic E-state index is 0.152. The summed E-state index contributed by atoms with van der Waals surface area (Å²) in [5.74, 6) is 0. The molecule has 0 fully saturated rings. The van der Waals surface area contributed by atoms with Gasteiger partial charge in [-0.25, -0.2) is 13.2 Å². The van der Waals surface area contributed by atoms with Gasteiger partial charge in [0.25, 0.3) is 10.0 Å². The van der Waals surface area contributed by atoms with Crippen LogP contribution in [0.15, 0.2) is 53.4 Å². The van der Waals surface area contributed by atoms with Crippen molar-refractivity contribution in [3.8, 4) is 0 Å². The molecule has 0 saturated carbocycles. The third-order valence-electron chi connectivity index (χ3n) is 3.23. The number of amides is 1. The van der Waals surface area contributed by atoms with E-state index in [0.29, 0.717) is 17.1 Å². The smallest absolute Gasteiger partial charge is 0.412 e. The van der Waals surface area contributed by atoms with E-state index in [1.54, 1.807) is 58.2 Å². The second-order valence-corrected chi connectivity index (χ2v) is 8.24. The van der Waals surface area contributed by atoms with Crippen LogP contribution in [0.1, 0.15) is 20.8 Å². The molecule has 0 unspecified atom stereocenters. The Labute approximate surface area is 153 Å². The summed E-state index contributed by atoms with van der Waals surface area (Å²) in [7, 11) is -2.02. The molecule has 0 aliphatic rings. The number of rotatable bonds is 5. The van der Waals surface area contributed by atoms with Gasteiger partial charge in [-0.15, -0.1) is 0 Å². The van der Waals surface area contributed by atoms with Crippen LogP contribution in [0.5, 0.6) is 0 Å². The number of sulfonamides is 1. The minimum Gasteiger partial charge on any atom is -0.444 e. The maximum Gasteiger partial charge on any atom is 0.412 e. The average Bonchev–Trinajstić information content (AvgIpc) is 2.54. The summed E-state index contributed by atoms with van der Waals surface area (Å²) < 4.78 is 32.6. The highest BCUT2D eigenvalue weighted by Crippen LogP contribution is 2.27. The zero-order valence-corrected chi connectivity index (χ0v) is 16.0. The summed E-state index contributed by atoms with van der Waals surface area (Å²) in [6, 6.07) is 12.8. The molecule has 8 heteroatoms. The average molecular weight is 377 g/mol. The molecule has 0 atom stereocenters. The molecule has 0 spiro atoms. The Morgan fingerprint density at radius 1 is 1.00 bits per heavy atom. The highest BCUT2D eigenvalue weighted by Gasteiger charge is 2.18. The Bertz CT molecular complexity index is 875. The van der Waals surface area contributed by atoms with E-state index in [1.807, 2.05) is 0 Å². The predicted molar refractivity (Wildman–Crippen MR) is 103 cm³/mol. The van der Waals surface area contributed by atoms with Crippen LogP contribution in [0.25, 0.3) is 0 Å². The Morgan fingerprint density at radius 3 is 2.23 bits per heavy atom. The third-order valence-corrected chi connectivity index (χ3v) is 4.63. The first-order valence-corrected chi connectivity index (χ1v) is 9.49. The summed E-state index contributed by atoms with van der Waals surface area (Å²) in [5, 5.41) is 5.56. The second-order valence-electron chi connectivity index (χ2n) is 6.56. The van der Waals surface area contributed by atoms with E-state index in [-0.39, 0.29) is 4.90 Å². The van der Waals surface area contributed by atoms with E-state index < -0.39 is 21.7 Å². The van der Waals surface area contributed by atoms with Crippen LogP contribution in [0, 0.1) is 0 Å². The maximum absolute atomic E-state index is 12.4. The van der Waals surface area contributed by atoms with Gasteiger partial charge in [0.15, 0.2) is 0 Å². The highest BCUT2D eigenvalue weighted by atomic mass is 32.2. The molecular formula is C18H23N3O4S. The Morgan fingerprint density at radius 2 is 1.65 bits per heavy atom. The van der Waals surface area contributed by atoms with E-state index in [1.165, 1.54) is 18.2 Å². The van der Waals surface area contributed by atoms with Gasteiger partial charge in [-0.1, -0.05) is 18.2 Å². The van der Waals surface area contributed by atoms with Crippen molar-refractivity contribution in [1.29, 1.82) is 0 Å². The molecule has 0 radical (unpaired) electrons. The number of carbonyl (C=O) groups excluding carboxylic acids is 1. The van der Waals surface area contributed by atoms with E-state index in [4.69, 9.17) is 4.74 Å². The predicted octanol–water partition coefficient (Wildman–Crippen LogP) is 3.88. The standard InChI is InChI=1S/C18H23N3O4S/c1-18(2,3)25-17(22)20-16-12-13(10-11-15(16)19-4)21-26(23,24)14-8-6-5-7-9-14/h5-12,19,21H,1-4H3,(H,20,22). The number of benzene rings is 2. The van der Waals surface area contributed by atoms with Crippen molar-refractivity contribution >= 4 is 33.2 Å². The van der Waals surface area contributed by atoms with Gasteiger partial charge in [-0.05, 0) is 51.1 Å². The monoisotopic (exact) mass is 377 g/mol. The molecule has 1 amide bonds. The van der Waals surface area contributed by atoms with Crippen molar-refractivity contribution in [2.75, 3.05) is 22.4 Å². The topological polar surface area (TPSA) is 96.5 Å². The van der Waals surface area contributed by atoms with Crippen LogP contribution < -0.4 is 15.4 Å². The van der Waals surface area contributed by atoms with Crippen molar-refractivity contribution in [3.05, 3.63) is 48.5 Å². The van der Waals surface area contributed by atoms with Crippen LogP contribution in [-0.2, 0) is 14.8 Å². The summed E-state index contributed by atoms with van der Waals surface area (Å²) in [4.78, 5) is 12.2. The Hall–Kier alpha value is -2.74. The highest BCUT2D eigenvalue weighted by molar-refractivity contribution is 7.92. The third kappa shape index (κ3) is 5.38. The second kappa shape index (κ2) is 7.65. The van der Waals surface area contributed by atoms with E-state index in [0.717, 1.165) is 0 Å². The largest absolute Gasteiger partial charge is 0.444 e. The van der Waals surface area contributed by atoms with Gasteiger partial charge in [0.1, 0.15) is 5.60 Å². The lowest BCUT2D eigenvalue weighted by atomic mass is 10.2. The number of ether oxygens (including phenoxy) is 1. The lowest BCUT2D eigenvalue weighted by Gasteiger charge is -2.21. The Balaban J connectivity index is 2.25. The zero-order chi connectivity index (χ0) is 19.4. The van der Waals surface area contributed by atoms with Crippen molar-refractivity contribution in [2.45, 2.75) is 31.3 Å². The van der Waals surface area contributed by atoms with E-state index in [9.17, 15) is 13.2 Å². The summed E-state index contributed by atoms with van der Waals surface area (Å²) in [6.45, 7) is 5.28. The first-order valence-electron chi connectivity index (χ1n) is 8.00. The molecule has 0 saturated heterocycles. The fraction of sp³-hybridized carbons (Fsp3) is 0.278. The van der Waals surface area contributed by atoms with E-state index >= 15 is 0 Å².